The zero-order valence-electron chi connectivity index (χ0n) is 9.25. The van der Waals surface area contributed by atoms with Crippen molar-refractivity contribution in [2.75, 3.05) is 13.3 Å². The summed E-state index contributed by atoms with van der Waals surface area (Å²) in [6, 6.07) is -0.812. The predicted octanol–water partition coefficient (Wildman–Crippen LogP) is -3.18. The van der Waals surface area contributed by atoms with Gasteiger partial charge in [0.2, 0.25) is 5.96 Å². The number of hydrogen-bond acceptors (Lipinski definition) is 8. The van der Waals surface area contributed by atoms with E-state index in [2.05, 4.69) is 4.99 Å². The third-order valence-electron chi connectivity index (χ3n) is 2.83. The molecule has 0 aromatic heterocycles. The topological polar surface area (TPSA) is 152 Å². The number of nitrogens with two attached hydrogens (primary N) is 1. The molecule has 2 unspecified atom stereocenters. The SMILES string of the molecule is NC1=NC(=O)N([C@@H]2O[C@H](CO)C(O)C2O)CN1O. The van der Waals surface area contributed by atoms with Gasteiger partial charge in [0, 0.05) is 0 Å². The number of hydrogen-bond donors (Lipinski definition) is 5. The lowest BCUT2D eigenvalue weighted by molar-refractivity contribution is -0.127. The number of aliphatic hydroxyl groups excluding tert-OH is 3. The molecule has 102 valence electrons. The van der Waals surface area contributed by atoms with Crippen molar-refractivity contribution < 1.29 is 30.1 Å². The van der Waals surface area contributed by atoms with E-state index in [4.69, 9.17) is 15.6 Å². The molecule has 0 radical (unpaired) electrons. The van der Waals surface area contributed by atoms with Gasteiger partial charge in [-0.3, -0.25) is 10.1 Å². The maximum absolute atomic E-state index is 11.6. The van der Waals surface area contributed by atoms with Crippen LogP contribution >= 0.6 is 0 Å². The highest BCUT2D eigenvalue weighted by Gasteiger charge is 2.47. The summed E-state index contributed by atoms with van der Waals surface area (Å²) in [6.45, 7) is -0.869. The standard InChI is InChI=1S/C8H14N4O6/c9-7-10-8(16)11(2-12(7)17)6-5(15)4(14)3(1-13)18-6/h3-6,13-15,17H,1-2H2,(H2,9,10,16)/t3-,4?,5?,6-/m1/s1. The Morgan fingerprint density at radius 3 is 2.67 bits per heavy atom. The second-order valence-electron chi connectivity index (χ2n) is 3.99. The highest BCUT2D eigenvalue weighted by atomic mass is 16.6. The third-order valence-corrected chi connectivity index (χ3v) is 2.83. The minimum Gasteiger partial charge on any atom is -0.394 e. The largest absolute Gasteiger partial charge is 0.394 e. The minimum absolute atomic E-state index is 0.360. The van der Waals surface area contributed by atoms with E-state index in [9.17, 15) is 20.2 Å². The van der Waals surface area contributed by atoms with Crippen LogP contribution in [0.15, 0.2) is 4.99 Å². The Labute approximate surface area is 101 Å². The maximum atomic E-state index is 11.6. The number of amides is 2. The van der Waals surface area contributed by atoms with Gasteiger partial charge < -0.3 is 25.8 Å². The molecule has 0 aromatic carbocycles. The number of ether oxygens (including phenoxy) is 1. The summed E-state index contributed by atoms with van der Waals surface area (Å²) in [4.78, 5) is 15.8. The molecule has 0 aromatic rings. The zero-order chi connectivity index (χ0) is 13.4. The number of rotatable bonds is 2. The summed E-state index contributed by atoms with van der Waals surface area (Å²) in [6.07, 6.45) is -4.96. The third kappa shape index (κ3) is 2.00. The van der Waals surface area contributed by atoms with Crippen molar-refractivity contribution >= 4 is 12.0 Å². The molecular weight excluding hydrogens is 248 g/mol. The van der Waals surface area contributed by atoms with Crippen molar-refractivity contribution in [1.29, 1.82) is 0 Å². The summed E-state index contributed by atoms with van der Waals surface area (Å²) in [5.74, 6) is -0.372. The fraction of sp³-hybridized carbons (Fsp3) is 0.750. The molecule has 0 aliphatic carbocycles. The van der Waals surface area contributed by atoms with Gasteiger partial charge in [0.15, 0.2) is 6.23 Å². The molecule has 10 nitrogen and oxygen atoms in total. The number of aliphatic imine (C=N–C) groups is 1. The van der Waals surface area contributed by atoms with E-state index >= 15 is 0 Å². The van der Waals surface area contributed by atoms with Crippen LogP contribution in [0.25, 0.3) is 0 Å². The second-order valence-corrected chi connectivity index (χ2v) is 3.99. The molecule has 4 atom stereocenters. The molecule has 2 amide bonds. The van der Waals surface area contributed by atoms with E-state index in [1.54, 1.807) is 0 Å². The molecule has 0 bridgehead atoms. The number of carbonyl (C=O) groups is 1. The molecule has 2 aliphatic heterocycles. The highest BCUT2D eigenvalue weighted by Crippen LogP contribution is 2.25. The molecule has 6 N–H and O–H groups in total. The minimum atomic E-state index is -1.41. The first kappa shape index (κ1) is 13.0. The molecular formula is C8H14N4O6. The lowest BCUT2D eigenvalue weighted by Crippen LogP contribution is -2.56. The Morgan fingerprint density at radius 2 is 2.11 bits per heavy atom. The summed E-state index contributed by atoms with van der Waals surface area (Å²) >= 11 is 0. The number of carbonyl (C=O) groups excluding carboxylic acids is 1. The summed E-state index contributed by atoms with van der Waals surface area (Å²) in [7, 11) is 0. The van der Waals surface area contributed by atoms with Crippen LogP contribution in [0.4, 0.5) is 4.79 Å². The van der Waals surface area contributed by atoms with Crippen molar-refractivity contribution in [2.24, 2.45) is 10.7 Å². The van der Waals surface area contributed by atoms with Gasteiger partial charge in [0.25, 0.3) is 0 Å². The normalized spacial score (nSPS) is 37.1. The highest BCUT2D eigenvalue weighted by molar-refractivity contribution is 5.93. The lowest BCUT2D eigenvalue weighted by Gasteiger charge is -2.34. The Bertz CT molecular complexity index is 377. The quantitative estimate of drug-likeness (QED) is 0.349. The Kier molecular flexibility index (Phi) is 3.36. The average molecular weight is 262 g/mol. The van der Waals surface area contributed by atoms with E-state index in [-0.39, 0.29) is 12.6 Å². The number of aliphatic hydroxyl groups is 3. The molecule has 10 heteroatoms. The maximum Gasteiger partial charge on any atom is 0.350 e. The Hall–Kier alpha value is -1.46. The van der Waals surface area contributed by atoms with Crippen LogP contribution in [-0.2, 0) is 4.74 Å². The molecule has 0 saturated carbocycles. The first-order chi connectivity index (χ1) is 8.45. The van der Waals surface area contributed by atoms with Crippen LogP contribution < -0.4 is 5.73 Å². The van der Waals surface area contributed by atoms with E-state index in [0.29, 0.717) is 5.06 Å². The van der Waals surface area contributed by atoms with Crippen molar-refractivity contribution in [3.63, 3.8) is 0 Å². The van der Waals surface area contributed by atoms with Crippen molar-refractivity contribution in [2.45, 2.75) is 24.5 Å². The van der Waals surface area contributed by atoms with E-state index in [1.165, 1.54) is 0 Å². The van der Waals surface area contributed by atoms with Crippen LogP contribution in [0, 0.1) is 0 Å². The fourth-order valence-corrected chi connectivity index (χ4v) is 1.82. The smallest absolute Gasteiger partial charge is 0.350 e. The molecule has 2 aliphatic rings. The lowest BCUT2D eigenvalue weighted by atomic mass is 10.1. The van der Waals surface area contributed by atoms with E-state index in [0.717, 1.165) is 4.90 Å². The number of hydroxylamine groups is 2. The van der Waals surface area contributed by atoms with Crippen molar-refractivity contribution in [3.8, 4) is 0 Å². The second kappa shape index (κ2) is 4.66. The molecule has 18 heavy (non-hydrogen) atoms. The molecule has 1 fully saturated rings. The number of guanidine groups is 1. The van der Waals surface area contributed by atoms with Gasteiger partial charge in [-0.1, -0.05) is 0 Å². The summed E-state index contributed by atoms with van der Waals surface area (Å²) in [5, 5.41) is 38.0. The Balaban J connectivity index is 2.16. The van der Waals surface area contributed by atoms with Gasteiger partial charge in [-0.25, -0.2) is 9.86 Å². The zero-order valence-corrected chi connectivity index (χ0v) is 9.25. The molecule has 2 heterocycles. The monoisotopic (exact) mass is 262 g/mol. The summed E-state index contributed by atoms with van der Waals surface area (Å²) < 4.78 is 5.14. The van der Waals surface area contributed by atoms with E-state index < -0.39 is 37.2 Å². The van der Waals surface area contributed by atoms with Crippen LogP contribution in [0.3, 0.4) is 0 Å². The van der Waals surface area contributed by atoms with Crippen LogP contribution in [0.5, 0.6) is 0 Å². The van der Waals surface area contributed by atoms with Gasteiger partial charge in [-0.05, 0) is 0 Å². The van der Waals surface area contributed by atoms with Crippen molar-refractivity contribution in [3.05, 3.63) is 0 Å². The van der Waals surface area contributed by atoms with Gasteiger partial charge in [0.05, 0.1) is 6.61 Å². The van der Waals surface area contributed by atoms with Gasteiger partial charge in [-0.2, -0.15) is 4.99 Å². The van der Waals surface area contributed by atoms with Gasteiger partial charge >= 0.3 is 6.03 Å². The molecule has 0 spiro atoms. The van der Waals surface area contributed by atoms with E-state index in [1.807, 2.05) is 0 Å². The first-order valence-electron chi connectivity index (χ1n) is 5.19. The predicted molar refractivity (Wildman–Crippen MR) is 55.1 cm³/mol. The van der Waals surface area contributed by atoms with Gasteiger partial charge in [-0.15, -0.1) is 0 Å². The summed E-state index contributed by atoms with van der Waals surface area (Å²) in [5.41, 5.74) is 5.23. The fourth-order valence-electron chi connectivity index (χ4n) is 1.82. The van der Waals surface area contributed by atoms with Crippen molar-refractivity contribution in [1.82, 2.24) is 9.96 Å². The van der Waals surface area contributed by atoms with Crippen LogP contribution in [-0.4, -0.2) is 80.3 Å². The number of nitrogens with zero attached hydrogens (tertiary/aromatic N) is 3. The van der Waals surface area contributed by atoms with Gasteiger partial charge in [0.1, 0.15) is 25.0 Å². The Morgan fingerprint density at radius 1 is 1.44 bits per heavy atom. The molecule has 2 rings (SSSR count). The van der Waals surface area contributed by atoms with Crippen LogP contribution in [0.2, 0.25) is 0 Å². The number of urea groups is 1. The first-order valence-corrected chi connectivity index (χ1v) is 5.19. The van der Waals surface area contributed by atoms with Crippen LogP contribution in [0.1, 0.15) is 0 Å². The average Bonchev–Trinajstić information content (AvgIpc) is 2.61. The molecule has 1 saturated heterocycles.